The molecule has 2 aromatic heterocycles. The molecule has 0 unspecified atom stereocenters. The molecular formula is C5H2BrN3OS. The van der Waals surface area contributed by atoms with Gasteiger partial charge >= 0.3 is 0 Å². The van der Waals surface area contributed by atoms with Crippen molar-refractivity contribution in [3.05, 3.63) is 21.3 Å². The highest BCUT2D eigenvalue weighted by atomic mass is 79.9. The number of nitrogens with one attached hydrogen (secondary N) is 1. The van der Waals surface area contributed by atoms with E-state index in [2.05, 4.69) is 30.3 Å². The van der Waals surface area contributed by atoms with Crippen LogP contribution in [0.2, 0.25) is 0 Å². The molecule has 2 heterocycles. The summed E-state index contributed by atoms with van der Waals surface area (Å²) in [6.07, 6.45) is 1.37. The number of fused-ring (bicyclic) bond motifs is 1. The molecule has 2 aromatic rings. The predicted octanol–water partition coefficient (Wildman–Crippen LogP) is 1.14. The molecule has 0 aromatic carbocycles. The number of aromatic nitrogens is 3. The van der Waals surface area contributed by atoms with Gasteiger partial charge in [-0.05, 0) is 27.5 Å². The summed E-state index contributed by atoms with van der Waals surface area (Å²) in [4.78, 5) is 18.2. The topological polar surface area (TPSA) is 58.6 Å². The number of nitrogens with zero attached hydrogens (tertiary/aromatic N) is 2. The van der Waals surface area contributed by atoms with Crippen LogP contribution < -0.4 is 5.56 Å². The molecule has 0 aliphatic carbocycles. The molecule has 6 heteroatoms. The first-order valence-corrected chi connectivity index (χ1v) is 4.34. The van der Waals surface area contributed by atoms with Gasteiger partial charge in [-0.2, -0.15) is 4.37 Å². The van der Waals surface area contributed by atoms with Crippen molar-refractivity contribution in [1.82, 2.24) is 14.3 Å². The third kappa shape index (κ3) is 0.982. The number of H-pyrrole nitrogens is 1. The van der Waals surface area contributed by atoms with Crippen LogP contribution in [0.5, 0.6) is 0 Å². The van der Waals surface area contributed by atoms with Crippen LogP contribution in [-0.4, -0.2) is 14.3 Å². The number of hydrogen-bond acceptors (Lipinski definition) is 4. The van der Waals surface area contributed by atoms with Gasteiger partial charge in [-0.15, -0.1) is 0 Å². The van der Waals surface area contributed by atoms with E-state index in [4.69, 9.17) is 0 Å². The maximum absolute atomic E-state index is 11.1. The fourth-order valence-corrected chi connectivity index (χ4v) is 2.12. The molecule has 0 amide bonds. The summed E-state index contributed by atoms with van der Waals surface area (Å²) in [5.74, 6) is 0. The molecule has 56 valence electrons. The fraction of sp³-hybridized carbons (Fsp3) is 0. The summed E-state index contributed by atoms with van der Waals surface area (Å²) in [5, 5.41) is 0.525. The summed E-state index contributed by atoms with van der Waals surface area (Å²) in [6, 6.07) is 0. The second kappa shape index (κ2) is 2.38. The van der Waals surface area contributed by atoms with Crippen molar-refractivity contribution in [3.63, 3.8) is 0 Å². The lowest BCUT2D eigenvalue weighted by atomic mass is 10.5. The molecule has 0 saturated heterocycles. The van der Waals surface area contributed by atoms with Crippen LogP contribution in [0.3, 0.4) is 0 Å². The highest BCUT2D eigenvalue weighted by Gasteiger charge is 2.06. The van der Waals surface area contributed by atoms with Crippen molar-refractivity contribution in [3.8, 4) is 0 Å². The van der Waals surface area contributed by atoms with Crippen molar-refractivity contribution < 1.29 is 0 Å². The second-order valence-corrected chi connectivity index (χ2v) is 3.39. The summed E-state index contributed by atoms with van der Waals surface area (Å²) in [7, 11) is 0. The van der Waals surface area contributed by atoms with Crippen molar-refractivity contribution in [1.29, 1.82) is 0 Å². The van der Waals surface area contributed by atoms with Gasteiger partial charge < -0.3 is 4.98 Å². The zero-order chi connectivity index (χ0) is 7.84. The average molecular weight is 232 g/mol. The minimum absolute atomic E-state index is 0.157. The zero-order valence-electron chi connectivity index (χ0n) is 5.17. The SMILES string of the molecule is O=c1[nH]cnc2snc(Br)c12. The highest BCUT2D eigenvalue weighted by molar-refractivity contribution is 9.10. The summed E-state index contributed by atoms with van der Waals surface area (Å²) in [6.45, 7) is 0. The largest absolute Gasteiger partial charge is 0.312 e. The third-order valence-corrected chi connectivity index (χ3v) is 2.80. The van der Waals surface area contributed by atoms with E-state index in [-0.39, 0.29) is 5.56 Å². The maximum atomic E-state index is 11.1. The Balaban J connectivity index is 3.08. The first-order chi connectivity index (χ1) is 5.29. The van der Waals surface area contributed by atoms with Crippen molar-refractivity contribution in [2.75, 3.05) is 0 Å². The van der Waals surface area contributed by atoms with E-state index >= 15 is 0 Å². The maximum Gasteiger partial charge on any atom is 0.262 e. The summed E-state index contributed by atoms with van der Waals surface area (Å²) < 4.78 is 4.49. The molecule has 0 aliphatic heterocycles. The van der Waals surface area contributed by atoms with Crippen molar-refractivity contribution in [2.45, 2.75) is 0 Å². The Kier molecular flexibility index (Phi) is 1.50. The Labute approximate surface area is 73.6 Å². The predicted molar refractivity (Wildman–Crippen MR) is 45.7 cm³/mol. The molecule has 0 aliphatic rings. The van der Waals surface area contributed by atoms with Gasteiger partial charge in [-0.3, -0.25) is 4.79 Å². The van der Waals surface area contributed by atoms with Crippen LogP contribution in [0.15, 0.2) is 15.7 Å². The van der Waals surface area contributed by atoms with Gasteiger partial charge in [0.25, 0.3) is 5.56 Å². The standard InChI is InChI=1S/C5H2BrN3OS/c6-3-2-4(10)7-1-8-5(2)11-9-3/h1H,(H,7,8,10). The highest BCUT2D eigenvalue weighted by Crippen LogP contribution is 2.20. The Hall–Kier alpha value is -0.750. The number of aromatic amines is 1. The van der Waals surface area contributed by atoms with E-state index in [0.717, 1.165) is 0 Å². The molecule has 0 atom stereocenters. The zero-order valence-corrected chi connectivity index (χ0v) is 7.57. The van der Waals surface area contributed by atoms with Crippen LogP contribution in [-0.2, 0) is 0 Å². The summed E-state index contributed by atoms with van der Waals surface area (Å²) in [5.41, 5.74) is -0.157. The van der Waals surface area contributed by atoms with Crippen LogP contribution >= 0.6 is 27.5 Å². The normalized spacial score (nSPS) is 10.6. The molecule has 0 fully saturated rings. The van der Waals surface area contributed by atoms with Gasteiger partial charge in [0.2, 0.25) is 0 Å². The molecule has 0 spiro atoms. The van der Waals surface area contributed by atoms with E-state index < -0.39 is 0 Å². The molecular weight excluding hydrogens is 230 g/mol. The molecule has 0 radical (unpaired) electrons. The van der Waals surface area contributed by atoms with Gasteiger partial charge in [-0.1, -0.05) is 0 Å². The van der Waals surface area contributed by atoms with Crippen LogP contribution in [0.25, 0.3) is 10.2 Å². The Bertz CT molecular complexity index is 448. The van der Waals surface area contributed by atoms with E-state index in [1.807, 2.05) is 0 Å². The smallest absolute Gasteiger partial charge is 0.262 e. The molecule has 2 rings (SSSR count). The van der Waals surface area contributed by atoms with E-state index in [0.29, 0.717) is 14.8 Å². The number of halogens is 1. The third-order valence-electron chi connectivity index (χ3n) is 1.24. The quantitative estimate of drug-likeness (QED) is 0.740. The van der Waals surface area contributed by atoms with Gasteiger partial charge in [0.15, 0.2) is 4.83 Å². The molecule has 0 saturated carbocycles. The van der Waals surface area contributed by atoms with Crippen LogP contribution in [0.1, 0.15) is 0 Å². The van der Waals surface area contributed by atoms with Gasteiger partial charge in [0.1, 0.15) is 9.99 Å². The fourth-order valence-electron chi connectivity index (χ4n) is 0.763. The Morgan fingerprint density at radius 1 is 1.64 bits per heavy atom. The lowest BCUT2D eigenvalue weighted by molar-refractivity contribution is 1.18. The minimum atomic E-state index is -0.157. The van der Waals surface area contributed by atoms with E-state index in [1.165, 1.54) is 17.9 Å². The van der Waals surface area contributed by atoms with Crippen LogP contribution in [0, 0.1) is 0 Å². The van der Waals surface area contributed by atoms with Crippen LogP contribution in [0.4, 0.5) is 0 Å². The van der Waals surface area contributed by atoms with E-state index in [9.17, 15) is 4.79 Å². The van der Waals surface area contributed by atoms with Gasteiger partial charge in [0, 0.05) is 0 Å². The lowest BCUT2D eigenvalue weighted by Crippen LogP contribution is -2.04. The first kappa shape index (κ1) is 6.93. The monoisotopic (exact) mass is 231 g/mol. The van der Waals surface area contributed by atoms with Gasteiger partial charge in [0.05, 0.1) is 6.33 Å². The summed E-state index contributed by atoms with van der Waals surface area (Å²) >= 11 is 4.36. The van der Waals surface area contributed by atoms with Gasteiger partial charge in [-0.25, -0.2) is 4.98 Å². The lowest BCUT2D eigenvalue weighted by Gasteiger charge is -1.83. The molecule has 4 nitrogen and oxygen atoms in total. The molecule has 0 bridgehead atoms. The van der Waals surface area contributed by atoms with Crippen molar-refractivity contribution >= 4 is 37.7 Å². The molecule has 11 heavy (non-hydrogen) atoms. The number of hydrogen-bond donors (Lipinski definition) is 1. The minimum Gasteiger partial charge on any atom is -0.312 e. The Morgan fingerprint density at radius 2 is 2.45 bits per heavy atom. The van der Waals surface area contributed by atoms with E-state index in [1.54, 1.807) is 0 Å². The Morgan fingerprint density at radius 3 is 3.18 bits per heavy atom. The van der Waals surface area contributed by atoms with Crippen molar-refractivity contribution in [2.24, 2.45) is 0 Å². The molecule has 1 N–H and O–H groups in total. The average Bonchev–Trinajstić information content (AvgIpc) is 2.34. The first-order valence-electron chi connectivity index (χ1n) is 2.77. The second-order valence-electron chi connectivity index (χ2n) is 1.89. The number of rotatable bonds is 0.